The summed E-state index contributed by atoms with van der Waals surface area (Å²) in [7, 11) is 0. The van der Waals surface area contributed by atoms with Gasteiger partial charge in [0, 0.05) is 16.5 Å². The van der Waals surface area contributed by atoms with E-state index in [1.54, 1.807) is 0 Å². The van der Waals surface area contributed by atoms with E-state index in [0.29, 0.717) is 6.42 Å². The lowest BCUT2D eigenvalue weighted by Crippen LogP contribution is -2.13. The molecule has 0 fully saturated rings. The van der Waals surface area contributed by atoms with Gasteiger partial charge in [0.15, 0.2) is 5.78 Å². The maximum Gasteiger partial charge on any atom is 0.168 e. The average molecular weight is 345 g/mol. The Morgan fingerprint density at radius 3 is 2.48 bits per heavy atom. The second kappa shape index (κ2) is 4.67. The smallest absolute Gasteiger partial charge is 0.168 e. The molecule has 2 heteroatoms. The molecule has 1 aliphatic carbocycles. The molecule has 0 heterocycles. The van der Waals surface area contributed by atoms with Crippen molar-refractivity contribution in [1.29, 1.82) is 0 Å². The molecule has 1 nitrogen and oxygen atoms in total. The van der Waals surface area contributed by atoms with Crippen LogP contribution in [0.5, 0.6) is 0 Å². The van der Waals surface area contributed by atoms with Crippen molar-refractivity contribution >= 4 is 32.5 Å². The van der Waals surface area contributed by atoms with Crippen molar-refractivity contribution < 1.29 is 4.79 Å². The van der Waals surface area contributed by atoms with Crippen LogP contribution in [0.25, 0.3) is 10.8 Å². The molecule has 0 radical (unpaired) electrons. The van der Waals surface area contributed by atoms with Gasteiger partial charge in [-0.1, -0.05) is 49.7 Å². The molecule has 21 heavy (non-hydrogen) atoms. The van der Waals surface area contributed by atoms with Crippen molar-refractivity contribution in [2.45, 2.75) is 52.9 Å². The molecule has 3 rings (SSSR count). The van der Waals surface area contributed by atoms with Crippen molar-refractivity contribution in [2.75, 3.05) is 0 Å². The lowest BCUT2D eigenvalue weighted by atomic mass is 9.80. The highest BCUT2D eigenvalue weighted by Gasteiger charge is 2.30. The Morgan fingerprint density at radius 1 is 1.24 bits per heavy atom. The molecule has 0 N–H and O–H groups in total. The van der Waals surface area contributed by atoms with Gasteiger partial charge in [-0.3, -0.25) is 4.79 Å². The van der Waals surface area contributed by atoms with E-state index in [1.165, 1.54) is 27.5 Å². The highest BCUT2D eigenvalue weighted by molar-refractivity contribution is 9.10. The molecule has 2 aromatic carbocycles. The number of Topliss-reactive ketones (excluding diaryl/α,β-unsaturated/α-hetero) is 1. The summed E-state index contributed by atoms with van der Waals surface area (Å²) in [6.45, 7) is 11.0. The Morgan fingerprint density at radius 2 is 1.90 bits per heavy atom. The molecule has 0 aliphatic heterocycles. The number of hydrogen-bond donors (Lipinski definition) is 0. The summed E-state index contributed by atoms with van der Waals surface area (Å²) in [5.74, 6) is 0.273. The molecule has 0 amide bonds. The van der Waals surface area contributed by atoms with Crippen molar-refractivity contribution in [1.82, 2.24) is 0 Å². The lowest BCUT2D eigenvalue weighted by Gasteiger charge is -2.24. The standard InChI is InChI=1S/C19H21BrO/c1-6-11-7-14(19(3,4)5)13-8-15(20)10(2)17-16(21)9-12(11)18(13)17/h7-8H,6,9H2,1-5H3. The van der Waals surface area contributed by atoms with E-state index in [1.807, 2.05) is 6.92 Å². The van der Waals surface area contributed by atoms with Crippen molar-refractivity contribution in [3.8, 4) is 0 Å². The number of aryl methyl sites for hydroxylation is 1. The SMILES string of the molecule is CCc1cc(C(C)(C)C)c2cc(Br)c(C)c3c2c1CC3=O. The van der Waals surface area contributed by atoms with Crippen LogP contribution >= 0.6 is 15.9 Å². The van der Waals surface area contributed by atoms with E-state index in [-0.39, 0.29) is 11.2 Å². The highest BCUT2D eigenvalue weighted by atomic mass is 79.9. The monoisotopic (exact) mass is 344 g/mol. The third-order valence-electron chi connectivity index (χ3n) is 4.63. The Labute approximate surface area is 134 Å². The molecule has 0 spiro atoms. The second-order valence-corrected chi connectivity index (χ2v) is 7.90. The fourth-order valence-corrected chi connectivity index (χ4v) is 3.94. The van der Waals surface area contributed by atoms with Crippen LogP contribution in [-0.2, 0) is 18.3 Å². The summed E-state index contributed by atoms with van der Waals surface area (Å²) >= 11 is 3.64. The lowest BCUT2D eigenvalue weighted by molar-refractivity contribution is 0.0999. The van der Waals surface area contributed by atoms with Crippen LogP contribution in [0.4, 0.5) is 0 Å². The topological polar surface area (TPSA) is 17.1 Å². The molecule has 0 saturated heterocycles. The van der Waals surface area contributed by atoms with E-state index in [0.717, 1.165) is 22.0 Å². The normalized spacial score (nSPS) is 14.3. The Kier molecular flexibility index (Phi) is 3.29. The average Bonchev–Trinajstić information content (AvgIpc) is 2.73. The zero-order chi connectivity index (χ0) is 15.5. The molecule has 0 saturated carbocycles. The largest absolute Gasteiger partial charge is 0.294 e. The number of halogens is 1. The zero-order valence-corrected chi connectivity index (χ0v) is 14.9. The van der Waals surface area contributed by atoms with Crippen LogP contribution in [0, 0.1) is 6.92 Å². The molecular weight excluding hydrogens is 324 g/mol. The van der Waals surface area contributed by atoms with E-state index >= 15 is 0 Å². The summed E-state index contributed by atoms with van der Waals surface area (Å²) in [6.07, 6.45) is 1.55. The van der Waals surface area contributed by atoms with Gasteiger partial charge in [-0.15, -0.1) is 0 Å². The predicted octanol–water partition coefficient (Wildman–Crippen LogP) is 5.51. The quantitative estimate of drug-likeness (QED) is 0.666. The number of rotatable bonds is 1. The van der Waals surface area contributed by atoms with Gasteiger partial charge in [-0.2, -0.15) is 0 Å². The number of ketones is 1. The number of hydrogen-bond acceptors (Lipinski definition) is 1. The van der Waals surface area contributed by atoms with E-state index in [9.17, 15) is 4.79 Å². The first-order valence-electron chi connectivity index (χ1n) is 7.57. The number of benzene rings is 2. The highest BCUT2D eigenvalue weighted by Crippen LogP contribution is 2.43. The third-order valence-corrected chi connectivity index (χ3v) is 5.45. The maximum atomic E-state index is 12.5. The minimum absolute atomic E-state index is 0.0695. The van der Waals surface area contributed by atoms with Crippen LogP contribution in [0.3, 0.4) is 0 Å². The summed E-state index contributed by atoms with van der Waals surface area (Å²) in [5.41, 5.74) is 6.03. The van der Waals surface area contributed by atoms with Crippen LogP contribution in [0.15, 0.2) is 16.6 Å². The Bertz CT molecular complexity index is 779. The molecule has 0 unspecified atom stereocenters. The third kappa shape index (κ3) is 2.07. The van der Waals surface area contributed by atoms with E-state index < -0.39 is 0 Å². The minimum Gasteiger partial charge on any atom is -0.294 e. The Balaban J connectivity index is 2.57. The van der Waals surface area contributed by atoms with Crippen LogP contribution < -0.4 is 0 Å². The molecule has 2 aromatic rings. The van der Waals surface area contributed by atoms with Gasteiger partial charge >= 0.3 is 0 Å². The first kappa shape index (κ1) is 14.8. The summed E-state index contributed by atoms with van der Waals surface area (Å²) in [4.78, 5) is 12.5. The van der Waals surface area contributed by atoms with Crippen LogP contribution in [0.2, 0.25) is 0 Å². The first-order valence-corrected chi connectivity index (χ1v) is 8.36. The fourth-order valence-electron chi connectivity index (χ4n) is 3.51. The second-order valence-electron chi connectivity index (χ2n) is 7.05. The molecule has 0 atom stereocenters. The summed E-state index contributed by atoms with van der Waals surface area (Å²) < 4.78 is 1.04. The summed E-state index contributed by atoms with van der Waals surface area (Å²) in [5, 5.41) is 2.46. The molecular formula is C19H21BrO. The van der Waals surface area contributed by atoms with Gasteiger partial charge < -0.3 is 0 Å². The van der Waals surface area contributed by atoms with Gasteiger partial charge in [0.25, 0.3) is 0 Å². The van der Waals surface area contributed by atoms with Gasteiger partial charge in [0.2, 0.25) is 0 Å². The van der Waals surface area contributed by atoms with Gasteiger partial charge in [-0.25, -0.2) is 0 Å². The molecule has 110 valence electrons. The zero-order valence-electron chi connectivity index (χ0n) is 13.4. The maximum absolute atomic E-state index is 12.5. The molecule has 1 aliphatic rings. The Hall–Kier alpha value is -1.15. The van der Waals surface area contributed by atoms with Gasteiger partial charge in [-0.05, 0) is 57.9 Å². The fraction of sp³-hybridized carbons (Fsp3) is 0.421. The van der Waals surface area contributed by atoms with Crippen LogP contribution in [0.1, 0.15) is 60.3 Å². The number of carbonyl (C=O) groups is 1. The van der Waals surface area contributed by atoms with E-state index in [4.69, 9.17) is 0 Å². The van der Waals surface area contributed by atoms with Gasteiger partial charge in [0.05, 0.1) is 0 Å². The van der Waals surface area contributed by atoms with E-state index in [2.05, 4.69) is 55.8 Å². The van der Waals surface area contributed by atoms with Crippen molar-refractivity contribution in [3.63, 3.8) is 0 Å². The molecule has 0 bridgehead atoms. The van der Waals surface area contributed by atoms with Crippen LogP contribution in [-0.4, -0.2) is 5.78 Å². The van der Waals surface area contributed by atoms with Crippen molar-refractivity contribution in [2.24, 2.45) is 0 Å². The van der Waals surface area contributed by atoms with Crippen molar-refractivity contribution in [3.05, 3.63) is 44.4 Å². The minimum atomic E-state index is 0.0695. The molecule has 0 aromatic heterocycles. The summed E-state index contributed by atoms with van der Waals surface area (Å²) in [6, 6.07) is 4.53. The predicted molar refractivity (Wildman–Crippen MR) is 92.5 cm³/mol. The van der Waals surface area contributed by atoms with Gasteiger partial charge in [0.1, 0.15) is 0 Å². The first-order chi connectivity index (χ1) is 9.75. The number of carbonyl (C=O) groups excluding carboxylic acids is 1.